The molecule has 0 saturated carbocycles. The molecular weight excluding hydrogens is 343 g/mol. The van der Waals surface area contributed by atoms with Crippen molar-refractivity contribution in [2.75, 3.05) is 0 Å². The van der Waals surface area contributed by atoms with Gasteiger partial charge in [0.25, 0.3) is 0 Å². The molecule has 1 aliphatic rings. The maximum atomic E-state index is 11.0. The smallest absolute Gasteiger partial charge is 0.120 e. The van der Waals surface area contributed by atoms with E-state index in [0.29, 0.717) is 15.6 Å². The first kappa shape index (κ1) is 17.3. The number of benzene rings is 1. The molecule has 3 nitrogen and oxygen atoms in total. The van der Waals surface area contributed by atoms with Crippen molar-refractivity contribution in [3.05, 3.63) is 70.8 Å². The van der Waals surface area contributed by atoms with E-state index in [1.165, 1.54) is 0 Å². The van der Waals surface area contributed by atoms with Gasteiger partial charge in [0.2, 0.25) is 0 Å². The summed E-state index contributed by atoms with van der Waals surface area (Å²) >= 11 is 12.3. The standard InChI is InChI=1S/C19H20Cl2N2O/c1-19(7-3-2-4-8-19)12-17(23-10-9-22-13-23)18(24)15-6-5-14(20)11-16(15)21/h2-3,5-6,9-13,18,24H,4,7-8H2,1H3. The van der Waals surface area contributed by atoms with Crippen LogP contribution in [0.15, 0.2) is 55.1 Å². The summed E-state index contributed by atoms with van der Waals surface area (Å²) in [5, 5.41) is 12.0. The minimum absolute atomic E-state index is 0.00572. The van der Waals surface area contributed by atoms with E-state index in [-0.39, 0.29) is 5.41 Å². The molecule has 0 fully saturated rings. The van der Waals surface area contributed by atoms with E-state index in [4.69, 9.17) is 23.2 Å². The fourth-order valence-corrected chi connectivity index (χ4v) is 3.57. The zero-order valence-corrected chi connectivity index (χ0v) is 15.0. The van der Waals surface area contributed by atoms with Crippen LogP contribution in [-0.4, -0.2) is 14.7 Å². The second-order valence-corrected chi connectivity index (χ2v) is 7.32. The summed E-state index contributed by atoms with van der Waals surface area (Å²) in [6.07, 6.45) is 14.0. The van der Waals surface area contributed by atoms with E-state index >= 15 is 0 Å². The number of imidazole rings is 1. The van der Waals surface area contributed by atoms with Crippen LogP contribution in [0.5, 0.6) is 0 Å². The van der Waals surface area contributed by atoms with Crippen LogP contribution in [0.1, 0.15) is 37.9 Å². The molecule has 0 radical (unpaired) electrons. The van der Waals surface area contributed by atoms with Crippen molar-refractivity contribution in [1.29, 1.82) is 0 Å². The molecule has 1 aromatic carbocycles. The van der Waals surface area contributed by atoms with Gasteiger partial charge >= 0.3 is 0 Å². The van der Waals surface area contributed by atoms with E-state index in [2.05, 4.69) is 30.1 Å². The number of nitrogens with zero attached hydrogens (tertiary/aromatic N) is 2. The third-order valence-electron chi connectivity index (χ3n) is 4.47. The number of rotatable bonds is 4. The third-order valence-corrected chi connectivity index (χ3v) is 5.03. The van der Waals surface area contributed by atoms with Gasteiger partial charge in [-0.3, -0.25) is 0 Å². The van der Waals surface area contributed by atoms with Crippen molar-refractivity contribution in [1.82, 2.24) is 9.55 Å². The highest BCUT2D eigenvalue weighted by Crippen LogP contribution is 2.39. The molecular formula is C19H20Cl2N2O. The highest BCUT2D eigenvalue weighted by Gasteiger charge is 2.26. The normalized spacial score (nSPS) is 22.6. The van der Waals surface area contributed by atoms with E-state index in [1.54, 1.807) is 30.7 Å². The molecule has 2 aromatic rings. The maximum absolute atomic E-state index is 11.0. The molecule has 0 spiro atoms. The summed E-state index contributed by atoms with van der Waals surface area (Å²) in [5.74, 6) is 0. The van der Waals surface area contributed by atoms with E-state index in [1.807, 2.05) is 10.8 Å². The Labute approximate surface area is 152 Å². The Hall–Kier alpha value is -1.55. The number of aromatic nitrogens is 2. The van der Waals surface area contributed by atoms with Crippen LogP contribution in [0.25, 0.3) is 5.70 Å². The second-order valence-electron chi connectivity index (χ2n) is 6.48. The van der Waals surface area contributed by atoms with Crippen LogP contribution in [-0.2, 0) is 0 Å². The van der Waals surface area contributed by atoms with Gasteiger partial charge in [0, 0.05) is 28.0 Å². The van der Waals surface area contributed by atoms with Gasteiger partial charge in [-0.2, -0.15) is 0 Å². The van der Waals surface area contributed by atoms with Crippen LogP contribution in [0.2, 0.25) is 10.0 Å². The average molecular weight is 363 g/mol. The minimum atomic E-state index is -0.855. The summed E-state index contributed by atoms with van der Waals surface area (Å²) in [7, 11) is 0. The Kier molecular flexibility index (Phi) is 5.14. The van der Waals surface area contributed by atoms with Crippen molar-refractivity contribution in [2.24, 2.45) is 5.41 Å². The van der Waals surface area contributed by atoms with Crippen LogP contribution in [0.4, 0.5) is 0 Å². The zero-order valence-electron chi connectivity index (χ0n) is 13.5. The van der Waals surface area contributed by atoms with E-state index in [0.717, 1.165) is 25.0 Å². The molecule has 5 heteroatoms. The van der Waals surface area contributed by atoms with Crippen molar-refractivity contribution >= 4 is 28.9 Å². The van der Waals surface area contributed by atoms with Crippen LogP contribution in [0.3, 0.4) is 0 Å². The van der Waals surface area contributed by atoms with Crippen molar-refractivity contribution < 1.29 is 5.11 Å². The molecule has 1 aromatic heterocycles. The van der Waals surface area contributed by atoms with Gasteiger partial charge in [-0.05, 0) is 36.8 Å². The number of hydrogen-bond donors (Lipinski definition) is 1. The highest BCUT2D eigenvalue weighted by atomic mass is 35.5. The highest BCUT2D eigenvalue weighted by molar-refractivity contribution is 6.35. The molecule has 24 heavy (non-hydrogen) atoms. The van der Waals surface area contributed by atoms with E-state index < -0.39 is 6.10 Å². The molecule has 2 unspecified atom stereocenters. The molecule has 1 N–H and O–H groups in total. The molecule has 126 valence electrons. The SMILES string of the molecule is CC1(C=C(C(O)c2ccc(Cl)cc2Cl)n2ccnc2)CC=CCC1. The summed E-state index contributed by atoms with van der Waals surface area (Å²) in [5.41, 5.74) is 1.39. The van der Waals surface area contributed by atoms with Crippen LogP contribution < -0.4 is 0 Å². The minimum Gasteiger partial charge on any atom is -0.382 e. The van der Waals surface area contributed by atoms with Crippen molar-refractivity contribution in [3.8, 4) is 0 Å². The quantitative estimate of drug-likeness (QED) is 0.728. The number of allylic oxidation sites excluding steroid dienone is 3. The topological polar surface area (TPSA) is 38.0 Å². The molecule has 0 saturated heterocycles. The zero-order chi connectivity index (χ0) is 17.2. The largest absolute Gasteiger partial charge is 0.382 e. The average Bonchev–Trinajstić information content (AvgIpc) is 3.07. The lowest BCUT2D eigenvalue weighted by atomic mass is 9.77. The fourth-order valence-electron chi connectivity index (χ4n) is 3.06. The predicted molar refractivity (Wildman–Crippen MR) is 99.0 cm³/mol. The molecule has 0 aliphatic heterocycles. The summed E-state index contributed by atoms with van der Waals surface area (Å²) in [4.78, 5) is 4.11. The lowest BCUT2D eigenvalue weighted by molar-refractivity contribution is 0.229. The van der Waals surface area contributed by atoms with Crippen molar-refractivity contribution in [3.63, 3.8) is 0 Å². The molecule has 1 heterocycles. The Morgan fingerprint density at radius 2 is 2.21 bits per heavy atom. The van der Waals surface area contributed by atoms with E-state index in [9.17, 15) is 5.11 Å². The summed E-state index contributed by atoms with van der Waals surface area (Å²) in [6, 6.07) is 5.16. The number of halogens is 2. The second kappa shape index (κ2) is 7.14. The van der Waals surface area contributed by atoms with Gasteiger partial charge in [0.1, 0.15) is 6.10 Å². The van der Waals surface area contributed by atoms with Gasteiger partial charge in [-0.25, -0.2) is 4.98 Å². The lowest BCUT2D eigenvalue weighted by Crippen LogP contribution is -2.18. The molecule has 1 aliphatic carbocycles. The first-order chi connectivity index (χ1) is 11.5. The third kappa shape index (κ3) is 3.75. The Morgan fingerprint density at radius 1 is 1.38 bits per heavy atom. The Morgan fingerprint density at radius 3 is 2.83 bits per heavy atom. The van der Waals surface area contributed by atoms with Gasteiger partial charge in [-0.1, -0.05) is 54.4 Å². The number of aliphatic hydroxyl groups is 1. The first-order valence-electron chi connectivity index (χ1n) is 7.98. The van der Waals surface area contributed by atoms with Crippen LogP contribution in [0, 0.1) is 5.41 Å². The van der Waals surface area contributed by atoms with Crippen LogP contribution >= 0.6 is 23.2 Å². The first-order valence-corrected chi connectivity index (χ1v) is 8.73. The predicted octanol–water partition coefficient (Wildman–Crippen LogP) is 5.51. The number of hydrogen-bond acceptors (Lipinski definition) is 2. The van der Waals surface area contributed by atoms with Crippen molar-refractivity contribution in [2.45, 2.75) is 32.3 Å². The molecule has 0 bridgehead atoms. The summed E-state index contributed by atoms with van der Waals surface area (Å²) < 4.78 is 1.85. The molecule has 2 atom stereocenters. The Bertz CT molecular complexity index is 768. The maximum Gasteiger partial charge on any atom is 0.120 e. The van der Waals surface area contributed by atoms with Gasteiger partial charge < -0.3 is 9.67 Å². The number of aliphatic hydroxyl groups excluding tert-OH is 1. The Balaban J connectivity index is 2.03. The summed E-state index contributed by atoms with van der Waals surface area (Å²) in [6.45, 7) is 2.21. The van der Waals surface area contributed by atoms with Gasteiger partial charge in [0.05, 0.1) is 12.0 Å². The fraction of sp³-hybridized carbons (Fsp3) is 0.316. The molecule has 0 amide bonds. The molecule has 3 rings (SSSR count). The lowest BCUT2D eigenvalue weighted by Gasteiger charge is -2.30. The van der Waals surface area contributed by atoms with Gasteiger partial charge in [0.15, 0.2) is 0 Å². The van der Waals surface area contributed by atoms with Gasteiger partial charge in [-0.15, -0.1) is 0 Å². The monoisotopic (exact) mass is 362 g/mol.